The van der Waals surface area contributed by atoms with E-state index in [2.05, 4.69) is 17.5 Å². The second-order valence-corrected chi connectivity index (χ2v) is 7.03. The van der Waals surface area contributed by atoms with Crippen LogP contribution in [0.4, 0.5) is 0 Å². The molecule has 0 heterocycles. The van der Waals surface area contributed by atoms with Crippen molar-refractivity contribution < 1.29 is 19.7 Å². The van der Waals surface area contributed by atoms with Crippen molar-refractivity contribution in [3.05, 3.63) is 36.5 Å². The number of nitrogens with one attached hydrogen (secondary N) is 1. The first-order valence-electron chi connectivity index (χ1n) is 9.16. The molecule has 25 heavy (non-hydrogen) atoms. The van der Waals surface area contributed by atoms with E-state index in [1.165, 1.54) is 0 Å². The monoisotopic (exact) mass is 351 g/mol. The molecule has 0 aromatic carbocycles. The van der Waals surface area contributed by atoms with Gasteiger partial charge >= 0.3 is 0 Å². The summed E-state index contributed by atoms with van der Waals surface area (Å²) in [7, 11) is 0. The Morgan fingerprint density at radius 1 is 1.28 bits per heavy atom. The Kier molecular flexibility index (Phi) is 9.71. The minimum Gasteiger partial charge on any atom is -0.367 e. The van der Waals surface area contributed by atoms with Crippen LogP contribution < -0.4 is 5.32 Å². The average molecular weight is 351 g/mol. The van der Waals surface area contributed by atoms with Crippen LogP contribution in [-0.4, -0.2) is 34.7 Å². The SMILES string of the molecule is CCC(=O)NC(CC(C)C)C(O)OC(O)C(C)/C=C/C1C=CC=CC1. The molecule has 0 spiro atoms. The van der Waals surface area contributed by atoms with Gasteiger partial charge in [-0.05, 0) is 24.7 Å². The van der Waals surface area contributed by atoms with Crippen molar-refractivity contribution in [2.24, 2.45) is 17.8 Å². The number of aliphatic hydroxyl groups excluding tert-OH is 2. The van der Waals surface area contributed by atoms with E-state index in [0.29, 0.717) is 18.8 Å². The van der Waals surface area contributed by atoms with Gasteiger partial charge < -0.3 is 20.3 Å². The number of carbonyl (C=O) groups is 1. The Hall–Kier alpha value is -1.43. The summed E-state index contributed by atoms with van der Waals surface area (Å²) < 4.78 is 5.37. The van der Waals surface area contributed by atoms with E-state index in [-0.39, 0.29) is 17.7 Å². The van der Waals surface area contributed by atoms with Gasteiger partial charge in [-0.1, -0.05) is 64.2 Å². The van der Waals surface area contributed by atoms with Gasteiger partial charge in [0.05, 0.1) is 6.04 Å². The number of carbonyl (C=O) groups excluding carboxylic acids is 1. The second-order valence-electron chi connectivity index (χ2n) is 7.03. The van der Waals surface area contributed by atoms with Gasteiger partial charge in [-0.25, -0.2) is 0 Å². The molecule has 0 aromatic rings. The number of hydrogen-bond acceptors (Lipinski definition) is 4. The summed E-state index contributed by atoms with van der Waals surface area (Å²) in [6.07, 6.45) is 11.6. The molecule has 5 heteroatoms. The molecule has 0 saturated heterocycles. The van der Waals surface area contributed by atoms with Crippen LogP contribution in [0, 0.1) is 17.8 Å². The molecule has 0 fully saturated rings. The van der Waals surface area contributed by atoms with E-state index >= 15 is 0 Å². The van der Waals surface area contributed by atoms with Gasteiger partial charge in [-0.3, -0.25) is 4.79 Å². The van der Waals surface area contributed by atoms with E-state index < -0.39 is 18.6 Å². The number of amides is 1. The lowest BCUT2D eigenvalue weighted by atomic mass is 9.98. The van der Waals surface area contributed by atoms with Crippen molar-refractivity contribution in [1.29, 1.82) is 0 Å². The predicted octanol–water partition coefficient (Wildman–Crippen LogP) is 2.91. The number of rotatable bonds is 10. The molecular formula is C20H33NO4. The number of allylic oxidation sites excluding steroid dienone is 5. The maximum atomic E-state index is 11.6. The largest absolute Gasteiger partial charge is 0.367 e. The molecule has 0 aromatic heterocycles. The molecule has 3 N–H and O–H groups in total. The van der Waals surface area contributed by atoms with Gasteiger partial charge in [-0.15, -0.1) is 0 Å². The van der Waals surface area contributed by atoms with Crippen LogP contribution >= 0.6 is 0 Å². The van der Waals surface area contributed by atoms with Crippen LogP contribution in [0.3, 0.4) is 0 Å². The van der Waals surface area contributed by atoms with Crippen molar-refractivity contribution in [3.63, 3.8) is 0 Å². The average Bonchev–Trinajstić information content (AvgIpc) is 2.59. The molecular weight excluding hydrogens is 318 g/mol. The topological polar surface area (TPSA) is 78.8 Å². The molecule has 5 atom stereocenters. The molecule has 0 saturated carbocycles. The lowest BCUT2D eigenvalue weighted by Gasteiger charge is -2.28. The van der Waals surface area contributed by atoms with Gasteiger partial charge in [0.1, 0.15) is 0 Å². The van der Waals surface area contributed by atoms with Gasteiger partial charge in [0, 0.05) is 12.3 Å². The predicted molar refractivity (Wildman–Crippen MR) is 99.5 cm³/mol. The lowest BCUT2D eigenvalue weighted by molar-refractivity contribution is -0.230. The van der Waals surface area contributed by atoms with E-state index in [4.69, 9.17) is 4.74 Å². The third-order valence-electron chi connectivity index (χ3n) is 4.14. The highest BCUT2D eigenvalue weighted by Gasteiger charge is 2.26. The maximum absolute atomic E-state index is 11.6. The first-order chi connectivity index (χ1) is 11.8. The van der Waals surface area contributed by atoms with Crippen LogP contribution in [0.5, 0.6) is 0 Å². The Bertz CT molecular complexity index is 484. The van der Waals surface area contributed by atoms with Gasteiger partial charge in [0.2, 0.25) is 5.91 Å². The molecule has 0 aliphatic heterocycles. The molecule has 142 valence electrons. The Balaban J connectivity index is 2.56. The molecule has 1 rings (SSSR count). The first kappa shape index (κ1) is 21.6. The summed E-state index contributed by atoms with van der Waals surface area (Å²) in [6, 6.07) is -0.537. The van der Waals surface area contributed by atoms with Crippen LogP contribution in [0.2, 0.25) is 0 Å². The van der Waals surface area contributed by atoms with Crippen molar-refractivity contribution >= 4 is 5.91 Å². The van der Waals surface area contributed by atoms with Gasteiger partial charge in [-0.2, -0.15) is 0 Å². The summed E-state index contributed by atoms with van der Waals surface area (Å²) in [5.74, 6) is 0.187. The maximum Gasteiger partial charge on any atom is 0.220 e. The van der Waals surface area contributed by atoms with Gasteiger partial charge in [0.15, 0.2) is 12.6 Å². The molecule has 1 aliphatic carbocycles. The van der Waals surface area contributed by atoms with E-state index in [1.807, 2.05) is 45.1 Å². The quantitative estimate of drug-likeness (QED) is 0.418. The van der Waals surface area contributed by atoms with Crippen molar-refractivity contribution in [2.45, 2.75) is 65.6 Å². The summed E-state index contributed by atoms with van der Waals surface area (Å²) in [5.41, 5.74) is 0. The highest BCUT2D eigenvalue weighted by molar-refractivity contribution is 5.75. The molecule has 5 nitrogen and oxygen atoms in total. The van der Waals surface area contributed by atoms with Crippen LogP contribution in [0.1, 0.15) is 47.0 Å². The van der Waals surface area contributed by atoms with Crippen LogP contribution in [0.25, 0.3) is 0 Å². The Morgan fingerprint density at radius 3 is 2.56 bits per heavy atom. The highest BCUT2D eigenvalue weighted by atomic mass is 16.7. The fourth-order valence-corrected chi connectivity index (χ4v) is 2.58. The Labute approximate surface area is 151 Å². The van der Waals surface area contributed by atoms with Crippen molar-refractivity contribution in [2.75, 3.05) is 0 Å². The fraction of sp³-hybridized carbons (Fsp3) is 0.650. The second kappa shape index (κ2) is 11.2. The number of ether oxygens (including phenoxy) is 1. The first-order valence-corrected chi connectivity index (χ1v) is 9.16. The fourth-order valence-electron chi connectivity index (χ4n) is 2.58. The standard InChI is InChI=1S/C20H33NO4/c1-5-18(22)21-17(13-14(2)3)20(24)25-19(23)15(4)11-12-16-9-7-6-8-10-16/h6-9,11-12,14-17,19-20,23-24H,5,10,13H2,1-4H3,(H,21,22)/b12-11+. The smallest absolute Gasteiger partial charge is 0.220 e. The molecule has 0 radical (unpaired) electrons. The molecule has 1 aliphatic rings. The minimum absolute atomic E-state index is 0.145. The molecule has 5 unspecified atom stereocenters. The summed E-state index contributed by atoms with van der Waals surface area (Å²) in [5, 5.41) is 23.3. The van der Waals surface area contributed by atoms with E-state index in [0.717, 1.165) is 6.42 Å². The van der Waals surface area contributed by atoms with Crippen LogP contribution in [0.15, 0.2) is 36.5 Å². The summed E-state index contributed by atoms with van der Waals surface area (Å²) >= 11 is 0. The summed E-state index contributed by atoms with van der Waals surface area (Å²) in [6.45, 7) is 7.60. The zero-order valence-corrected chi connectivity index (χ0v) is 15.8. The van der Waals surface area contributed by atoms with Crippen molar-refractivity contribution in [1.82, 2.24) is 5.32 Å². The summed E-state index contributed by atoms with van der Waals surface area (Å²) in [4.78, 5) is 11.6. The minimum atomic E-state index is -1.25. The van der Waals surface area contributed by atoms with Crippen LogP contribution in [-0.2, 0) is 9.53 Å². The van der Waals surface area contributed by atoms with Gasteiger partial charge in [0.25, 0.3) is 0 Å². The van der Waals surface area contributed by atoms with E-state index in [9.17, 15) is 15.0 Å². The zero-order chi connectivity index (χ0) is 18.8. The Morgan fingerprint density at radius 2 is 2.00 bits per heavy atom. The zero-order valence-electron chi connectivity index (χ0n) is 15.8. The third kappa shape index (κ3) is 8.47. The van der Waals surface area contributed by atoms with Crippen molar-refractivity contribution in [3.8, 4) is 0 Å². The molecule has 1 amide bonds. The number of hydrogen-bond donors (Lipinski definition) is 3. The normalized spacial score (nSPS) is 22.1. The highest BCUT2D eigenvalue weighted by Crippen LogP contribution is 2.17. The van der Waals surface area contributed by atoms with E-state index in [1.54, 1.807) is 6.92 Å². The molecule has 0 bridgehead atoms. The number of aliphatic hydroxyl groups is 2. The third-order valence-corrected chi connectivity index (χ3v) is 4.14. The lowest BCUT2D eigenvalue weighted by Crippen LogP contribution is -2.47.